The van der Waals surface area contributed by atoms with Crippen LogP contribution in [0.25, 0.3) is 0 Å². The van der Waals surface area contributed by atoms with Gasteiger partial charge in [-0.2, -0.15) is 4.99 Å². The number of methoxy groups -OCH3 is 2. The summed E-state index contributed by atoms with van der Waals surface area (Å²) >= 11 is 0. The highest BCUT2D eigenvalue weighted by atomic mass is 16.5. The summed E-state index contributed by atoms with van der Waals surface area (Å²) in [5.41, 5.74) is 2.35. The molecule has 1 heterocycles. The molecule has 9 nitrogen and oxygen atoms in total. The van der Waals surface area contributed by atoms with E-state index < -0.39 is 17.9 Å². The van der Waals surface area contributed by atoms with E-state index in [1.165, 1.54) is 20.3 Å². The number of hydrogen-bond acceptors (Lipinski definition) is 6. The van der Waals surface area contributed by atoms with Gasteiger partial charge in [-0.25, -0.2) is 4.79 Å². The number of urea groups is 1. The van der Waals surface area contributed by atoms with Gasteiger partial charge in [0.2, 0.25) is 5.91 Å². The average Bonchev–Trinajstić information content (AvgIpc) is 2.90. The fourth-order valence-electron chi connectivity index (χ4n) is 3.99. The van der Waals surface area contributed by atoms with Crippen molar-refractivity contribution in [3.63, 3.8) is 0 Å². The van der Waals surface area contributed by atoms with Crippen molar-refractivity contribution in [2.45, 2.75) is 20.0 Å². The van der Waals surface area contributed by atoms with Crippen molar-refractivity contribution in [1.82, 2.24) is 10.2 Å². The van der Waals surface area contributed by atoms with E-state index in [0.29, 0.717) is 41.5 Å². The highest BCUT2D eigenvalue weighted by Gasteiger charge is 2.38. The summed E-state index contributed by atoms with van der Waals surface area (Å²) < 4.78 is 16.1. The summed E-state index contributed by atoms with van der Waals surface area (Å²) in [5.74, 6) is 0.158. The van der Waals surface area contributed by atoms with Crippen LogP contribution in [0.15, 0.2) is 77.2 Å². The Kier molecular flexibility index (Phi) is 7.48. The maximum atomic E-state index is 13.1. The summed E-state index contributed by atoms with van der Waals surface area (Å²) in [6, 6.07) is 13.6. The summed E-state index contributed by atoms with van der Waals surface area (Å²) in [4.78, 5) is 43.5. The second-order valence-electron chi connectivity index (χ2n) is 8.09. The van der Waals surface area contributed by atoms with Crippen molar-refractivity contribution >= 4 is 23.6 Å². The van der Waals surface area contributed by atoms with Crippen LogP contribution in [-0.2, 0) is 27.4 Å². The number of para-hydroxylation sites is 1. The number of amides is 4. The van der Waals surface area contributed by atoms with Crippen LogP contribution >= 0.6 is 0 Å². The molecule has 186 valence electrons. The van der Waals surface area contributed by atoms with Crippen LogP contribution in [0.4, 0.5) is 4.79 Å². The molecular formula is C27H27N3O6. The molecule has 0 spiro atoms. The summed E-state index contributed by atoms with van der Waals surface area (Å²) in [5, 5.41) is 2.89. The quantitative estimate of drug-likeness (QED) is 0.577. The van der Waals surface area contributed by atoms with Crippen molar-refractivity contribution < 1.29 is 28.6 Å². The Morgan fingerprint density at radius 3 is 2.44 bits per heavy atom. The molecule has 4 amide bonds. The lowest BCUT2D eigenvalue weighted by Gasteiger charge is -2.30. The molecule has 2 aliphatic rings. The normalized spacial score (nSPS) is 16.9. The van der Waals surface area contributed by atoms with Crippen molar-refractivity contribution in [3.05, 3.63) is 88.9 Å². The molecule has 9 heteroatoms. The van der Waals surface area contributed by atoms with Crippen LogP contribution in [0.3, 0.4) is 0 Å². The van der Waals surface area contributed by atoms with E-state index in [0.717, 1.165) is 16.2 Å². The Morgan fingerprint density at radius 2 is 1.75 bits per heavy atom. The molecule has 2 aromatic rings. The number of ether oxygens (including phenoxy) is 3. The standard InChI is InChI=1S/C27H27N3O6/c1-4-36-22-8-6-5-7-19(22)15-28-25(31)18-11-9-17(10-12-18)16-30-26(32)20-13-23(34-2)24(35-3)14-21(20)29-27(30)33/h5-14,20H,4,15-16H2,1-3H3,(H,28,31). The third-order valence-electron chi connectivity index (χ3n) is 5.85. The first-order chi connectivity index (χ1) is 17.4. The topological polar surface area (TPSA) is 107 Å². The van der Waals surface area contributed by atoms with Crippen molar-refractivity contribution in [2.75, 3.05) is 20.8 Å². The molecule has 1 aliphatic heterocycles. The second kappa shape index (κ2) is 10.9. The summed E-state index contributed by atoms with van der Waals surface area (Å²) in [6.07, 6.45) is 3.13. The first kappa shape index (κ1) is 24.7. The minimum absolute atomic E-state index is 0.0333. The molecule has 1 N–H and O–H groups in total. The van der Waals surface area contributed by atoms with Gasteiger partial charge in [0.25, 0.3) is 5.91 Å². The Labute approximate surface area is 209 Å². The first-order valence-electron chi connectivity index (χ1n) is 11.5. The van der Waals surface area contributed by atoms with E-state index in [2.05, 4.69) is 10.3 Å². The number of nitrogens with zero attached hydrogens (tertiary/aromatic N) is 2. The number of benzene rings is 2. The van der Waals surface area contributed by atoms with E-state index in [-0.39, 0.29) is 12.5 Å². The molecule has 0 radical (unpaired) electrons. The largest absolute Gasteiger partial charge is 0.494 e. The Hall–Kier alpha value is -4.40. The van der Waals surface area contributed by atoms with E-state index in [4.69, 9.17) is 14.2 Å². The maximum Gasteiger partial charge on any atom is 0.350 e. The fourth-order valence-corrected chi connectivity index (χ4v) is 3.99. The Morgan fingerprint density at radius 1 is 1.03 bits per heavy atom. The summed E-state index contributed by atoms with van der Waals surface area (Å²) in [6.45, 7) is 2.80. The highest BCUT2D eigenvalue weighted by Crippen LogP contribution is 2.28. The molecule has 0 saturated heterocycles. The molecule has 2 aromatic carbocycles. The lowest BCUT2D eigenvalue weighted by Crippen LogP contribution is -2.46. The van der Waals surface area contributed by atoms with Gasteiger partial charge in [-0.05, 0) is 36.8 Å². The van der Waals surface area contributed by atoms with Gasteiger partial charge >= 0.3 is 6.03 Å². The van der Waals surface area contributed by atoms with Gasteiger partial charge in [0.05, 0.1) is 33.1 Å². The van der Waals surface area contributed by atoms with Gasteiger partial charge < -0.3 is 19.5 Å². The van der Waals surface area contributed by atoms with E-state index in [1.807, 2.05) is 31.2 Å². The molecule has 1 aliphatic carbocycles. The molecule has 1 unspecified atom stereocenters. The molecule has 1 atom stereocenters. The Balaban J connectivity index is 1.42. The average molecular weight is 490 g/mol. The van der Waals surface area contributed by atoms with Gasteiger partial charge in [-0.15, -0.1) is 0 Å². The number of hydrogen-bond donors (Lipinski definition) is 1. The van der Waals surface area contributed by atoms with Crippen LogP contribution in [0.1, 0.15) is 28.4 Å². The third kappa shape index (κ3) is 5.14. The molecule has 36 heavy (non-hydrogen) atoms. The van der Waals surface area contributed by atoms with Crippen LogP contribution < -0.4 is 10.1 Å². The predicted molar refractivity (Wildman–Crippen MR) is 132 cm³/mol. The minimum atomic E-state index is -0.735. The zero-order valence-electron chi connectivity index (χ0n) is 20.3. The van der Waals surface area contributed by atoms with Crippen LogP contribution in [-0.4, -0.2) is 49.3 Å². The predicted octanol–water partition coefficient (Wildman–Crippen LogP) is 3.61. The van der Waals surface area contributed by atoms with E-state index >= 15 is 0 Å². The van der Waals surface area contributed by atoms with Gasteiger partial charge in [-0.1, -0.05) is 30.3 Å². The van der Waals surface area contributed by atoms with Crippen molar-refractivity contribution in [3.8, 4) is 5.75 Å². The number of aliphatic imine (C=N–C) groups is 1. The van der Waals surface area contributed by atoms with Gasteiger partial charge in [0.1, 0.15) is 11.7 Å². The SMILES string of the molecule is CCOc1ccccc1CNC(=O)c1ccc(CN2C(=O)N=C3C=C(OC)C(OC)=CC3C2=O)cc1. The number of nitrogens with one attached hydrogen (secondary N) is 1. The molecular weight excluding hydrogens is 462 g/mol. The van der Waals surface area contributed by atoms with E-state index in [1.54, 1.807) is 30.3 Å². The number of carbonyl (C=O) groups is 3. The lowest BCUT2D eigenvalue weighted by atomic mass is 9.93. The summed E-state index contributed by atoms with van der Waals surface area (Å²) in [7, 11) is 2.95. The first-order valence-corrected chi connectivity index (χ1v) is 11.5. The smallest absolute Gasteiger partial charge is 0.350 e. The van der Waals surface area contributed by atoms with Crippen LogP contribution in [0.5, 0.6) is 5.75 Å². The number of carbonyl (C=O) groups excluding carboxylic acids is 3. The zero-order valence-corrected chi connectivity index (χ0v) is 20.3. The zero-order chi connectivity index (χ0) is 25.7. The second-order valence-corrected chi connectivity index (χ2v) is 8.09. The van der Waals surface area contributed by atoms with E-state index in [9.17, 15) is 14.4 Å². The van der Waals surface area contributed by atoms with Crippen LogP contribution in [0.2, 0.25) is 0 Å². The highest BCUT2D eigenvalue weighted by molar-refractivity contribution is 6.22. The molecule has 0 aromatic heterocycles. The molecule has 4 rings (SSSR count). The van der Waals surface area contributed by atoms with Crippen molar-refractivity contribution in [1.29, 1.82) is 0 Å². The molecule has 0 saturated carbocycles. The molecule has 0 fully saturated rings. The van der Waals surface area contributed by atoms with Gasteiger partial charge in [-0.3, -0.25) is 14.5 Å². The Bertz CT molecular complexity index is 1260. The fraction of sp³-hybridized carbons (Fsp3) is 0.259. The van der Waals surface area contributed by atoms with Crippen molar-refractivity contribution in [2.24, 2.45) is 10.9 Å². The van der Waals surface area contributed by atoms with Gasteiger partial charge in [0.15, 0.2) is 11.5 Å². The third-order valence-corrected chi connectivity index (χ3v) is 5.85. The van der Waals surface area contributed by atoms with Crippen LogP contribution in [0, 0.1) is 5.92 Å². The maximum absolute atomic E-state index is 13.1. The molecule has 0 bridgehead atoms. The number of imide groups is 1. The number of allylic oxidation sites excluding steroid dienone is 1. The minimum Gasteiger partial charge on any atom is -0.494 e. The number of fused-ring (bicyclic) bond motifs is 1. The number of rotatable bonds is 9. The lowest BCUT2D eigenvalue weighted by molar-refractivity contribution is -0.130. The monoisotopic (exact) mass is 489 g/mol. The van der Waals surface area contributed by atoms with Gasteiger partial charge in [0, 0.05) is 23.7 Å².